The molecule has 2 unspecified atom stereocenters. The van der Waals surface area contributed by atoms with E-state index in [1.165, 1.54) is 18.1 Å². The molecule has 0 amide bonds. The molecule has 0 aromatic carbocycles. The molecule has 1 nitrogen and oxygen atoms in total. The van der Waals surface area contributed by atoms with E-state index in [4.69, 9.17) is 0 Å². The van der Waals surface area contributed by atoms with Crippen molar-refractivity contribution < 1.29 is 4.79 Å². The highest BCUT2D eigenvalue weighted by Crippen LogP contribution is 2.46. The van der Waals surface area contributed by atoms with Gasteiger partial charge in [0.25, 0.3) is 0 Å². The van der Waals surface area contributed by atoms with Crippen LogP contribution in [0.1, 0.15) is 53.4 Å². The van der Waals surface area contributed by atoms with Crippen LogP contribution in [0, 0.1) is 17.3 Å². The third-order valence-electron chi connectivity index (χ3n) is 4.65. The van der Waals surface area contributed by atoms with E-state index in [1.54, 1.807) is 0 Å². The van der Waals surface area contributed by atoms with Gasteiger partial charge in [-0.2, -0.15) is 0 Å². The summed E-state index contributed by atoms with van der Waals surface area (Å²) >= 11 is 0. The monoisotopic (exact) mass is 234 g/mol. The van der Waals surface area contributed by atoms with Crippen molar-refractivity contribution in [3.05, 3.63) is 24.3 Å². The van der Waals surface area contributed by atoms with E-state index in [2.05, 4.69) is 40.3 Å². The Bertz CT molecular complexity index is 322. The maximum absolute atomic E-state index is 11.2. The second kappa shape index (κ2) is 5.66. The average molecular weight is 234 g/mol. The number of carbonyl (C=O) groups excluding carboxylic acids is 1. The molecule has 1 aliphatic carbocycles. The first-order chi connectivity index (χ1) is 7.89. The summed E-state index contributed by atoms with van der Waals surface area (Å²) < 4.78 is 0. The lowest BCUT2D eigenvalue weighted by Gasteiger charge is -2.43. The Morgan fingerprint density at radius 1 is 1.59 bits per heavy atom. The van der Waals surface area contributed by atoms with Crippen LogP contribution in [0.15, 0.2) is 24.3 Å². The third kappa shape index (κ3) is 3.31. The molecule has 0 bridgehead atoms. The zero-order chi connectivity index (χ0) is 13.1. The molecule has 0 spiro atoms. The Kier molecular flexibility index (Phi) is 4.73. The maximum atomic E-state index is 11.2. The van der Waals surface area contributed by atoms with E-state index in [-0.39, 0.29) is 5.78 Å². The summed E-state index contributed by atoms with van der Waals surface area (Å²) in [7, 11) is 0. The standard InChI is InChI=1S/C16H26O/c1-6-14(17)8-7-9-15-12(2)10-11-13(3)16(15,4)5/h6,10,13,15H,1,7-9,11H2,2-5H3. The molecule has 0 aromatic heterocycles. The highest BCUT2D eigenvalue weighted by Gasteiger charge is 2.37. The van der Waals surface area contributed by atoms with Crippen LogP contribution in [-0.2, 0) is 4.79 Å². The molecular weight excluding hydrogens is 208 g/mol. The Balaban J connectivity index is 2.61. The van der Waals surface area contributed by atoms with Gasteiger partial charge in [-0.05, 0) is 49.5 Å². The summed E-state index contributed by atoms with van der Waals surface area (Å²) in [6.07, 6.45) is 7.78. The topological polar surface area (TPSA) is 17.1 Å². The van der Waals surface area contributed by atoms with Crippen molar-refractivity contribution in [1.82, 2.24) is 0 Å². The van der Waals surface area contributed by atoms with Crippen molar-refractivity contribution in [1.29, 1.82) is 0 Å². The molecule has 0 saturated heterocycles. The minimum absolute atomic E-state index is 0.174. The molecular formula is C16H26O. The van der Waals surface area contributed by atoms with Crippen LogP contribution < -0.4 is 0 Å². The fourth-order valence-electron chi connectivity index (χ4n) is 2.92. The minimum Gasteiger partial charge on any atom is -0.295 e. The lowest BCUT2D eigenvalue weighted by atomic mass is 9.62. The number of rotatable bonds is 5. The first kappa shape index (κ1) is 14.2. The Morgan fingerprint density at radius 2 is 2.24 bits per heavy atom. The molecule has 0 radical (unpaired) electrons. The van der Waals surface area contributed by atoms with Gasteiger partial charge >= 0.3 is 0 Å². The third-order valence-corrected chi connectivity index (χ3v) is 4.65. The van der Waals surface area contributed by atoms with Gasteiger partial charge in [0.2, 0.25) is 0 Å². The molecule has 17 heavy (non-hydrogen) atoms. The molecule has 0 fully saturated rings. The van der Waals surface area contributed by atoms with Gasteiger partial charge in [-0.1, -0.05) is 39.0 Å². The maximum Gasteiger partial charge on any atom is 0.155 e. The van der Waals surface area contributed by atoms with E-state index in [1.807, 2.05) is 0 Å². The number of carbonyl (C=O) groups is 1. The summed E-state index contributed by atoms with van der Waals surface area (Å²) in [6, 6.07) is 0. The molecule has 1 rings (SSSR count). The summed E-state index contributed by atoms with van der Waals surface area (Å²) in [5.74, 6) is 1.53. The second-order valence-corrected chi connectivity index (χ2v) is 6.02. The molecule has 2 atom stereocenters. The second-order valence-electron chi connectivity index (χ2n) is 6.02. The zero-order valence-electron chi connectivity index (χ0n) is 11.8. The van der Waals surface area contributed by atoms with Gasteiger partial charge < -0.3 is 0 Å². The molecule has 0 saturated carbocycles. The van der Waals surface area contributed by atoms with Crippen molar-refractivity contribution >= 4 is 5.78 Å². The molecule has 1 heteroatoms. The first-order valence-corrected chi connectivity index (χ1v) is 6.71. The van der Waals surface area contributed by atoms with Gasteiger partial charge in [0.1, 0.15) is 0 Å². The number of allylic oxidation sites excluding steroid dienone is 3. The van der Waals surface area contributed by atoms with Crippen LogP contribution in [0.4, 0.5) is 0 Å². The normalized spacial score (nSPS) is 27.4. The lowest BCUT2D eigenvalue weighted by Crippen LogP contribution is -2.34. The fraction of sp³-hybridized carbons (Fsp3) is 0.688. The summed E-state index contributed by atoms with van der Waals surface area (Å²) in [5.41, 5.74) is 1.87. The van der Waals surface area contributed by atoms with E-state index in [0.29, 0.717) is 17.8 Å². The van der Waals surface area contributed by atoms with Crippen molar-refractivity contribution in [2.24, 2.45) is 17.3 Å². The Hall–Kier alpha value is -0.850. The summed E-state index contributed by atoms with van der Waals surface area (Å²) in [6.45, 7) is 12.8. The van der Waals surface area contributed by atoms with Crippen LogP contribution in [-0.4, -0.2) is 5.78 Å². The summed E-state index contributed by atoms with van der Waals surface area (Å²) in [5, 5.41) is 0. The number of hydrogen-bond acceptors (Lipinski definition) is 1. The van der Waals surface area contributed by atoms with E-state index >= 15 is 0 Å². The van der Waals surface area contributed by atoms with Gasteiger partial charge in [-0.25, -0.2) is 0 Å². The molecule has 96 valence electrons. The fourth-order valence-corrected chi connectivity index (χ4v) is 2.92. The van der Waals surface area contributed by atoms with Gasteiger partial charge in [-0.3, -0.25) is 4.79 Å². The molecule has 0 N–H and O–H groups in total. The van der Waals surface area contributed by atoms with E-state index in [0.717, 1.165) is 18.8 Å². The highest BCUT2D eigenvalue weighted by atomic mass is 16.1. The van der Waals surface area contributed by atoms with Crippen LogP contribution in [0.2, 0.25) is 0 Å². The van der Waals surface area contributed by atoms with E-state index < -0.39 is 0 Å². The molecule has 0 aliphatic heterocycles. The quantitative estimate of drug-likeness (QED) is 0.504. The van der Waals surface area contributed by atoms with Crippen LogP contribution in [0.3, 0.4) is 0 Å². The predicted molar refractivity (Wildman–Crippen MR) is 73.9 cm³/mol. The SMILES string of the molecule is C=CC(=O)CCCC1C(C)=CCC(C)C1(C)C. The lowest BCUT2D eigenvalue weighted by molar-refractivity contribution is -0.114. The van der Waals surface area contributed by atoms with Crippen molar-refractivity contribution in [3.63, 3.8) is 0 Å². The largest absolute Gasteiger partial charge is 0.295 e. The average Bonchev–Trinajstić information content (AvgIpc) is 2.28. The smallest absolute Gasteiger partial charge is 0.155 e. The summed E-state index contributed by atoms with van der Waals surface area (Å²) in [4.78, 5) is 11.2. The van der Waals surface area contributed by atoms with Crippen LogP contribution in [0.5, 0.6) is 0 Å². The minimum atomic E-state index is 0.174. The van der Waals surface area contributed by atoms with Gasteiger partial charge in [0.05, 0.1) is 0 Å². The van der Waals surface area contributed by atoms with E-state index in [9.17, 15) is 4.79 Å². The van der Waals surface area contributed by atoms with Gasteiger partial charge in [-0.15, -0.1) is 0 Å². The molecule has 1 aliphatic rings. The number of ketones is 1. The predicted octanol–water partition coefficient (Wildman–Crippen LogP) is 4.54. The van der Waals surface area contributed by atoms with Crippen molar-refractivity contribution in [2.45, 2.75) is 53.4 Å². The van der Waals surface area contributed by atoms with Crippen molar-refractivity contribution in [3.8, 4) is 0 Å². The van der Waals surface area contributed by atoms with Gasteiger partial charge in [0.15, 0.2) is 5.78 Å². The molecule has 0 heterocycles. The van der Waals surface area contributed by atoms with Gasteiger partial charge in [0, 0.05) is 6.42 Å². The highest BCUT2D eigenvalue weighted by molar-refractivity contribution is 5.88. The Morgan fingerprint density at radius 3 is 2.82 bits per heavy atom. The van der Waals surface area contributed by atoms with Crippen molar-refractivity contribution in [2.75, 3.05) is 0 Å². The van der Waals surface area contributed by atoms with Crippen LogP contribution >= 0.6 is 0 Å². The number of hydrogen-bond donors (Lipinski definition) is 0. The zero-order valence-corrected chi connectivity index (χ0v) is 11.8. The Labute approximate surface area is 106 Å². The first-order valence-electron chi connectivity index (χ1n) is 6.71. The van der Waals surface area contributed by atoms with Crippen LogP contribution in [0.25, 0.3) is 0 Å². The molecule has 0 aromatic rings.